The predicted octanol–water partition coefficient (Wildman–Crippen LogP) is 4.75. The number of nitrogens with one attached hydrogen (secondary N) is 3. The van der Waals surface area contributed by atoms with Gasteiger partial charge < -0.3 is 25.6 Å². The van der Waals surface area contributed by atoms with Gasteiger partial charge >= 0.3 is 23.8 Å². The lowest BCUT2D eigenvalue weighted by atomic mass is 10.00. The van der Waals surface area contributed by atoms with Crippen molar-refractivity contribution in [1.29, 1.82) is 0 Å². The third-order valence-corrected chi connectivity index (χ3v) is 6.50. The quantitative estimate of drug-likeness (QED) is 0.354. The maximum Gasteiger partial charge on any atom is 0.418 e. The standard InChI is InChI=1S/C28H28F3N5O5/c1-27(2)13-11-24(37)36(27)22-10-7-18(15-21(22)28(29,30)31)34-26(39)33-17-5-8-19(9-6-17)41-20-12-14-35(40-4)23(16-20)25(38)32-3/h5-10,12,14-16H,11,13H2,1-4H3,(H2-,32,33,34,38,39)/p+1. The highest BCUT2D eigenvalue weighted by atomic mass is 19.4. The van der Waals surface area contributed by atoms with Crippen LogP contribution in [0, 0.1) is 0 Å². The van der Waals surface area contributed by atoms with Gasteiger partial charge in [-0.1, -0.05) is 0 Å². The number of aromatic nitrogens is 1. The van der Waals surface area contributed by atoms with Crippen molar-refractivity contribution < 1.29 is 41.9 Å². The number of amides is 4. The highest BCUT2D eigenvalue weighted by Crippen LogP contribution is 2.43. The fraction of sp³-hybridized carbons (Fsp3) is 0.286. The van der Waals surface area contributed by atoms with E-state index in [0.717, 1.165) is 6.07 Å². The molecule has 4 amide bonds. The molecule has 1 fully saturated rings. The van der Waals surface area contributed by atoms with Crippen LogP contribution in [0.5, 0.6) is 11.5 Å². The Hall–Kier alpha value is -4.81. The molecule has 3 N–H and O–H groups in total. The van der Waals surface area contributed by atoms with E-state index in [4.69, 9.17) is 9.57 Å². The molecule has 0 bridgehead atoms. The van der Waals surface area contributed by atoms with Crippen molar-refractivity contribution in [2.45, 2.75) is 38.4 Å². The number of benzene rings is 2. The van der Waals surface area contributed by atoms with E-state index in [1.165, 1.54) is 60.3 Å². The van der Waals surface area contributed by atoms with Gasteiger partial charge in [0.05, 0.1) is 17.3 Å². The average Bonchev–Trinajstić information content (AvgIpc) is 3.20. The van der Waals surface area contributed by atoms with Crippen LogP contribution in [-0.4, -0.2) is 37.5 Å². The fourth-order valence-electron chi connectivity index (χ4n) is 4.49. The maximum atomic E-state index is 14.0. The van der Waals surface area contributed by atoms with Crippen LogP contribution >= 0.6 is 0 Å². The van der Waals surface area contributed by atoms with Crippen molar-refractivity contribution in [1.82, 2.24) is 5.32 Å². The van der Waals surface area contributed by atoms with Crippen LogP contribution in [0.15, 0.2) is 60.8 Å². The summed E-state index contributed by atoms with van der Waals surface area (Å²) < 4.78 is 48.9. The molecule has 0 spiro atoms. The van der Waals surface area contributed by atoms with Crippen molar-refractivity contribution in [2.75, 3.05) is 29.7 Å². The van der Waals surface area contributed by atoms with Gasteiger partial charge in [-0.25, -0.2) is 4.79 Å². The number of urea groups is 1. The molecule has 10 nitrogen and oxygen atoms in total. The summed E-state index contributed by atoms with van der Waals surface area (Å²) in [5.41, 5.74) is -1.56. The molecular weight excluding hydrogens is 543 g/mol. The average molecular weight is 573 g/mol. The zero-order valence-corrected chi connectivity index (χ0v) is 22.8. The van der Waals surface area contributed by atoms with Gasteiger partial charge in [0.2, 0.25) is 12.1 Å². The molecular formula is C28H29F3N5O5+. The van der Waals surface area contributed by atoms with E-state index in [1.54, 1.807) is 32.0 Å². The van der Waals surface area contributed by atoms with Gasteiger partial charge in [-0.15, -0.1) is 0 Å². The Morgan fingerprint density at radius 1 is 0.976 bits per heavy atom. The van der Waals surface area contributed by atoms with Crippen LogP contribution in [0.1, 0.15) is 42.7 Å². The normalized spacial score (nSPS) is 14.4. The second-order valence-electron chi connectivity index (χ2n) is 9.81. The van der Waals surface area contributed by atoms with Crippen LogP contribution in [-0.2, 0) is 11.0 Å². The Kier molecular flexibility index (Phi) is 8.08. The summed E-state index contributed by atoms with van der Waals surface area (Å²) >= 11 is 0. The van der Waals surface area contributed by atoms with E-state index in [-0.39, 0.29) is 35.3 Å². The highest BCUT2D eigenvalue weighted by Gasteiger charge is 2.44. The second-order valence-corrected chi connectivity index (χ2v) is 9.81. The summed E-state index contributed by atoms with van der Waals surface area (Å²) in [6, 6.07) is 11.9. The summed E-state index contributed by atoms with van der Waals surface area (Å²) in [4.78, 5) is 43.3. The van der Waals surface area contributed by atoms with Gasteiger partial charge in [0.15, 0.2) is 0 Å². The Morgan fingerprint density at radius 3 is 2.22 bits per heavy atom. The van der Waals surface area contributed by atoms with Crippen molar-refractivity contribution in [2.24, 2.45) is 0 Å². The lowest BCUT2D eigenvalue weighted by Crippen LogP contribution is -2.47. The zero-order chi connectivity index (χ0) is 29.9. The number of carbonyl (C=O) groups is 3. The lowest BCUT2D eigenvalue weighted by molar-refractivity contribution is -0.886. The van der Waals surface area contributed by atoms with E-state index in [0.29, 0.717) is 23.6 Å². The number of alkyl halides is 3. The number of carbonyl (C=O) groups excluding carboxylic acids is 3. The molecule has 0 radical (unpaired) electrons. The van der Waals surface area contributed by atoms with Crippen molar-refractivity contribution in [3.63, 3.8) is 0 Å². The number of hydrogen-bond donors (Lipinski definition) is 3. The van der Waals surface area contributed by atoms with Crippen molar-refractivity contribution in [3.8, 4) is 11.5 Å². The fourth-order valence-corrected chi connectivity index (χ4v) is 4.49. The van der Waals surface area contributed by atoms with Gasteiger partial charge in [0.1, 0.15) is 18.6 Å². The third-order valence-electron chi connectivity index (χ3n) is 6.50. The van der Waals surface area contributed by atoms with E-state index in [2.05, 4.69) is 16.0 Å². The number of pyridine rings is 1. The molecule has 1 aliphatic heterocycles. The van der Waals surface area contributed by atoms with Crippen LogP contribution in [0.3, 0.4) is 0 Å². The molecule has 0 unspecified atom stereocenters. The largest absolute Gasteiger partial charge is 0.457 e. The SMILES string of the molecule is CNC(=O)c1cc(Oc2ccc(NC(=O)Nc3ccc(N4C(=O)CCC4(C)C)c(C(F)(F)F)c3)cc2)cc[n+]1OC. The summed E-state index contributed by atoms with van der Waals surface area (Å²) in [6.07, 6.45) is -2.64. The monoisotopic (exact) mass is 572 g/mol. The Bertz CT molecular complexity index is 1470. The van der Waals surface area contributed by atoms with Crippen molar-refractivity contribution in [3.05, 3.63) is 72.1 Å². The zero-order valence-electron chi connectivity index (χ0n) is 22.8. The van der Waals surface area contributed by atoms with Gasteiger partial charge in [0, 0.05) is 41.2 Å². The predicted molar refractivity (Wildman–Crippen MR) is 144 cm³/mol. The Labute approximate surface area is 234 Å². The Morgan fingerprint density at radius 2 is 1.63 bits per heavy atom. The van der Waals surface area contributed by atoms with E-state index in [1.807, 2.05) is 0 Å². The minimum absolute atomic E-state index is 0.0905. The molecule has 13 heteroatoms. The van der Waals surface area contributed by atoms with Crippen LogP contribution in [0.2, 0.25) is 0 Å². The molecule has 1 saturated heterocycles. The molecule has 2 aromatic carbocycles. The maximum absolute atomic E-state index is 14.0. The second kappa shape index (κ2) is 11.4. The molecule has 216 valence electrons. The minimum atomic E-state index is -4.75. The third kappa shape index (κ3) is 6.51. The van der Waals surface area contributed by atoms with Gasteiger partial charge in [-0.3, -0.25) is 14.4 Å². The number of hydrogen-bond acceptors (Lipinski definition) is 5. The first-order valence-corrected chi connectivity index (χ1v) is 12.5. The number of halogens is 3. The first-order chi connectivity index (χ1) is 19.3. The van der Waals surface area contributed by atoms with Gasteiger partial charge in [-0.05, 0) is 62.7 Å². The molecule has 1 aromatic heterocycles. The van der Waals surface area contributed by atoms with E-state index >= 15 is 0 Å². The molecule has 2 heterocycles. The minimum Gasteiger partial charge on any atom is -0.457 e. The van der Waals surface area contributed by atoms with E-state index < -0.39 is 23.3 Å². The number of nitrogens with zero attached hydrogens (tertiary/aromatic N) is 2. The van der Waals surface area contributed by atoms with Crippen LogP contribution in [0.25, 0.3) is 0 Å². The summed E-state index contributed by atoms with van der Waals surface area (Å²) in [6.45, 7) is 3.43. The van der Waals surface area contributed by atoms with Crippen LogP contribution < -0.4 is 35.2 Å². The molecule has 4 rings (SSSR count). The smallest absolute Gasteiger partial charge is 0.418 e. The molecule has 3 aromatic rings. The lowest BCUT2D eigenvalue weighted by Gasteiger charge is -2.33. The summed E-state index contributed by atoms with van der Waals surface area (Å²) in [5, 5.41) is 7.46. The first kappa shape index (κ1) is 29.2. The molecule has 41 heavy (non-hydrogen) atoms. The number of anilines is 3. The van der Waals surface area contributed by atoms with Gasteiger partial charge in [0.25, 0.3) is 0 Å². The molecule has 0 atom stereocenters. The highest BCUT2D eigenvalue weighted by molar-refractivity contribution is 6.01. The number of rotatable bonds is 7. The summed E-state index contributed by atoms with van der Waals surface area (Å²) in [5.74, 6) is -0.00515. The van der Waals surface area contributed by atoms with Crippen LogP contribution in [0.4, 0.5) is 35.0 Å². The summed E-state index contributed by atoms with van der Waals surface area (Å²) in [7, 11) is 2.90. The molecule has 1 aliphatic rings. The molecule has 0 aliphatic carbocycles. The number of ether oxygens (including phenoxy) is 1. The Balaban J connectivity index is 1.45. The van der Waals surface area contributed by atoms with Gasteiger partial charge in [-0.2, -0.15) is 13.2 Å². The van der Waals surface area contributed by atoms with Crippen molar-refractivity contribution >= 4 is 34.9 Å². The first-order valence-electron chi connectivity index (χ1n) is 12.5. The van der Waals surface area contributed by atoms with E-state index in [9.17, 15) is 27.6 Å². The molecule has 0 saturated carbocycles. The topological polar surface area (TPSA) is 113 Å².